The van der Waals surface area contributed by atoms with Crippen LogP contribution in [0.25, 0.3) is 0 Å². The Kier molecular flexibility index (Phi) is 2.73. The highest BCUT2D eigenvalue weighted by atomic mass is 19.4. The van der Waals surface area contributed by atoms with Crippen LogP contribution >= 0.6 is 0 Å². The number of halogens is 3. The zero-order valence-electron chi connectivity index (χ0n) is 7.85. The number of hydrogen-bond donors (Lipinski definition) is 1. The fraction of sp³-hybridized carbons (Fsp3) is 0.625. The number of nitrogens with zero attached hydrogens (tertiary/aromatic N) is 1. The van der Waals surface area contributed by atoms with Gasteiger partial charge in [0, 0.05) is 6.07 Å². The Hall–Kier alpha value is -1.20. The van der Waals surface area contributed by atoms with E-state index in [9.17, 15) is 13.2 Å². The van der Waals surface area contributed by atoms with Gasteiger partial charge in [0.1, 0.15) is 6.61 Å². The van der Waals surface area contributed by atoms with E-state index >= 15 is 0 Å². The lowest BCUT2D eigenvalue weighted by atomic mass is 9.94. The van der Waals surface area contributed by atoms with Crippen LogP contribution in [0.2, 0.25) is 0 Å². The van der Waals surface area contributed by atoms with Gasteiger partial charge in [-0.05, 0) is 13.8 Å². The molecule has 0 atom stereocenters. The quantitative estimate of drug-likeness (QED) is 0.828. The van der Waals surface area contributed by atoms with E-state index in [2.05, 4.69) is 10.2 Å². The molecule has 0 spiro atoms. The molecule has 0 aliphatic heterocycles. The molecule has 0 aromatic carbocycles. The highest BCUT2D eigenvalue weighted by molar-refractivity contribution is 5.04. The van der Waals surface area contributed by atoms with E-state index in [4.69, 9.17) is 4.74 Å². The SMILES string of the molecule is CC(C)(COc1ccn[nH]1)C(F)(F)F. The van der Waals surface area contributed by atoms with Crippen molar-refractivity contribution in [2.45, 2.75) is 20.0 Å². The van der Waals surface area contributed by atoms with Gasteiger partial charge in [0.15, 0.2) is 0 Å². The fourth-order valence-corrected chi connectivity index (χ4v) is 0.664. The van der Waals surface area contributed by atoms with E-state index in [0.717, 1.165) is 13.8 Å². The smallest absolute Gasteiger partial charge is 0.397 e. The zero-order chi connectivity index (χ0) is 10.8. The monoisotopic (exact) mass is 208 g/mol. The van der Waals surface area contributed by atoms with Crippen molar-refractivity contribution in [3.8, 4) is 5.88 Å². The molecule has 6 heteroatoms. The van der Waals surface area contributed by atoms with Gasteiger partial charge in [0.25, 0.3) is 0 Å². The molecule has 0 fully saturated rings. The van der Waals surface area contributed by atoms with Crippen LogP contribution in [-0.4, -0.2) is 23.0 Å². The van der Waals surface area contributed by atoms with Gasteiger partial charge in [-0.2, -0.15) is 18.3 Å². The second kappa shape index (κ2) is 3.51. The number of alkyl halides is 3. The summed E-state index contributed by atoms with van der Waals surface area (Å²) in [6, 6.07) is 1.46. The van der Waals surface area contributed by atoms with Crippen LogP contribution < -0.4 is 4.74 Å². The molecule has 0 aliphatic carbocycles. The Morgan fingerprint density at radius 3 is 2.50 bits per heavy atom. The highest BCUT2D eigenvalue weighted by Crippen LogP contribution is 2.37. The molecule has 0 saturated heterocycles. The number of nitrogens with one attached hydrogen (secondary N) is 1. The molecule has 1 aromatic heterocycles. The molecular weight excluding hydrogens is 197 g/mol. The van der Waals surface area contributed by atoms with E-state index in [-0.39, 0.29) is 5.88 Å². The summed E-state index contributed by atoms with van der Waals surface area (Å²) in [5.74, 6) is 0.238. The van der Waals surface area contributed by atoms with E-state index in [0.29, 0.717) is 0 Å². The maximum absolute atomic E-state index is 12.4. The first-order chi connectivity index (χ1) is 6.33. The summed E-state index contributed by atoms with van der Waals surface area (Å²) in [6.45, 7) is 1.74. The van der Waals surface area contributed by atoms with E-state index in [1.54, 1.807) is 0 Å². The lowest BCUT2D eigenvalue weighted by Crippen LogP contribution is -2.37. The standard InChI is InChI=1S/C8H11F3N2O/c1-7(2,8(9,10)11)5-14-6-3-4-12-13-6/h3-4H,5H2,1-2H3,(H,12,13). The molecule has 1 rings (SSSR count). The summed E-state index contributed by atoms with van der Waals surface area (Å²) >= 11 is 0. The predicted molar refractivity (Wildman–Crippen MR) is 43.9 cm³/mol. The molecule has 3 nitrogen and oxygen atoms in total. The molecule has 1 N–H and O–H groups in total. The Bertz CT molecular complexity index is 279. The van der Waals surface area contributed by atoms with Crippen molar-refractivity contribution in [1.29, 1.82) is 0 Å². The lowest BCUT2D eigenvalue weighted by Gasteiger charge is -2.26. The number of aromatic amines is 1. The summed E-state index contributed by atoms with van der Waals surface area (Å²) in [7, 11) is 0. The van der Waals surface area contributed by atoms with Crippen molar-refractivity contribution in [3.63, 3.8) is 0 Å². The zero-order valence-corrected chi connectivity index (χ0v) is 7.85. The molecule has 0 bridgehead atoms. The molecule has 0 radical (unpaired) electrons. The third-order valence-electron chi connectivity index (χ3n) is 1.83. The third kappa shape index (κ3) is 2.40. The van der Waals surface area contributed by atoms with Crippen LogP contribution in [0.4, 0.5) is 13.2 Å². The van der Waals surface area contributed by atoms with Crippen LogP contribution in [0.5, 0.6) is 5.88 Å². The van der Waals surface area contributed by atoms with Crippen molar-refractivity contribution < 1.29 is 17.9 Å². The Labute approximate surface area is 79.3 Å². The first-order valence-corrected chi connectivity index (χ1v) is 4.02. The molecule has 0 unspecified atom stereocenters. The van der Waals surface area contributed by atoms with Crippen molar-refractivity contribution in [1.82, 2.24) is 10.2 Å². The summed E-state index contributed by atoms with van der Waals surface area (Å²) in [6.07, 6.45) is -2.86. The van der Waals surface area contributed by atoms with Crippen molar-refractivity contribution >= 4 is 0 Å². The average Bonchev–Trinajstić information content (AvgIpc) is 2.50. The summed E-state index contributed by atoms with van der Waals surface area (Å²) in [5, 5.41) is 5.98. The van der Waals surface area contributed by atoms with Gasteiger partial charge in [0.2, 0.25) is 5.88 Å². The molecule has 1 heterocycles. The lowest BCUT2D eigenvalue weighted by molar-refractivity contribution is -0.219. The average molecular weight is 208 g/mol. The van der Waals surface area contributed by atoms with Gasteiger partial charge < -0.3 is 4.74 Å². The van der Waals surface area contributed by atoms with Crippen LogP contribution in [0.1, 0.15) is 13.8 Å². The third-order valence-corrected chi connectivity index (χ3v) is 1.83. The first-order valence-electron chi connectivity index (χ1n) is 4.02. The summed E-state index contributed by atoms with van der Waals surface area (Å²) in [5.41, 5.74) is -1.86. The molecule has 80 valence electrons. The molecular formula is C8H11F3N2O. The Balaban J connectivity index is 2.53. The normalized spacial score (nSPS) is 12.9. The minimum absolute atomic E-state index is 0.238. The molecule has 0 amide bonds. The van der Waals surface area contributed by atoms with Crippen LogP contribution in [0.3, 0.4) is 0 Å². The maximum atomic E-state index is 12.4. The molecule has 0 saturated carbocycles. The van der Waals surface area contributed by atoms with Gasteiger partial charge in [0.05, 0.1) is 11.6 Å². The van der Waals surface area contributed by atoms with Crippen molar-refractivity contribution in [2.75, 3.05) is 6.61 Å². The first kappa shape index (κ1) is 10.9. The van der Waals surface area contributed by atoms with Crippen molar-refractivity contribution in [3.05, 3.63) is 12.3 Å². The minimum atomic E-state index is -4.27. The van der Waals surface area contributed by atoms with Gasteiger partial charge in [-0.15, -0.1) is 0 Å². The Morgan fingerprint density at radius 2 is 2.07 bits per heavy atom. The van der Waals surface area contributed by atoms with Crippen LogP contribution in [-0.2, 0) is 0 Å². The Morgan fingerprint density at radius 1 is 1.43 bits per heavy atom. The minimum Gasteiger partial charge on any atom is -0.477 e. The topological polar surface area (TPSA) is 37.9 Å². The van der Waals surface area contributed by atoms with E-state index in [1.807, 2.05) is 0 Å². The number of aromatic nitrogens is 2. The molecule has 0 aliphatic rings. The van der Waals surface area contributed by atoms with E-state index in [1.165, 1.54) is 12.3 Å². The number of hydrogen-bond acceptors (Lipinski definition) is 2. The number of ether oxygens (including phenoxy) is 1. The summed E-state index contributed by atoms with van der Waals surface area (Å²) < 4.78 is 42.0. The number of rotatable bonds is 3. The van der Waals surface area contributed by atoms with Crippen molar-refractivity contribution in [2.24, 2.45) is 5.41 Å². The van der Waals surface area contributed by atoms with E-state index < -0.39 is 18.2 Å². The predicted octanol–water partition coefficient (Wildman–Crippen LogP) is 2.38. The second-order valence-electron chi connectivity index (χ2n) is 3.59. The van der Waals surface area contributed by atoms with Crippen LogP contribution in [0, 0.1) is 5.41 Å². The fourth-order valence-electron chi connectivity index (χ4n) is 0.664. The highest BCUT2D eigenvalue weighted by Gasteiger charge is 2.48. The van der Waals surface area contributed by atoms with Gasteiger partial charge in [-0.1, -0.05) is 0 Å². The maximum Gasteiger partial charge on any atom is 0.397 e. The van der Waals surface area contributed by atoms with Gasteiger partial charge >= 0.3 is 6.18 Å². The van der Waals surface area contributed by atoms with Crippen LogP contribution in [0.15, 0.2) is 12.3 Å². The number of H-pyrrole nitrogens is 1. The molecule has 14 heavy (non-hydrogen) atoms. The van der Waals surface area contributed by atoms with Gasteiger partial charge in [-0.25, -0.2) is 5.10 Å². The summed E-state index contributed by atoms with van der Waals surface area (Å²) in [4.78, 5) is 0. The molecule has 1 aromatic rings. The largest absolute Gasteiger partial charge is 0.477 e. The second-order valence-corrected chi connectivity index (χ2v) is 3.59. The van der Waals surface area contributed by atoms with Gasteiger partial charge in [-0.3, -0.25) is 0 Å².